The number of carbonyl (C=O) groups excluding carboxylic acids is 1. The smallest absolute Gasteiger partial charge is 0.389 e. The van der Waals surface area contributed by atoms with E-state index in [-0.39, 0.29) is 13.0 Å². The summed E-state index contributed by atoms with van der Waals surface area (Å²) >= 11 is 6.82. The van der Waals surface area contributed by atoms with Crippen LogP contribution in [0.2, 0.25) is 4.34 Å². The molecule has 0 fully saturated rings. The molecule has 0 saturated carbocycles. The lowest BCUT2D eigenvalue weighted by Gasteiger charge is -2.06. The van der Waals surface area contributed by atoms with Gasteiger partial charge in [-0.2, -0.15) is 13.2 Å². The molecular weight excluding hydrogens is 301 g/mol. The molecule has 0 spiro atoms. The summed E-state index contributed by atoms with van der Waals surface area (Å²) in [4.78, 5) is 11.9. The van der Waals surface area contributed by atoms with Crippen LogP contribution in [0.4, 0.5) is 13.2 Å². The minimum atomic E-state index is -4.08. The van der Waals surface area contributed by atoms with Crippen LogP contribution in [0, 0.1) is 0 Å². The highest BCUT2D eigenvalue weighted by atomic mass is 35.5. The van der Waals surface area contributed by atoms with Crippen molar-refractivity contribution in [3.05, 3.63) is 21.3 Å². The normalized spacial score (nSPS) is 11.6. The van der Waals surface area contributed by atoms with Gasteiger partial charge in [0.2, 0.25) is 0 Å². The van der Waals surface area contributed by atoms with Gasteiger partial charge in [0.15, 0.2) is 0 Å². The quantitative estimate of drug-likeness (QED) is 0.519. The van der Waals surface area contributed by atoms with Crippen molar-refractivity contribution in [3.8, 4) is 0 Å². The second kappa shape index (κ2) is 7.75. The van der Waals surface area contributed by atoms with Crippen molar-refractivity contribution in [2.24, 2.45) is 0 Å². The molecule has 0 saturated heterocycles. The van der Waals surface area contributed by atoms with Crippen LogP contribution < -0.4 is 0 Å². The highest BCUT2D eigenvalue weighted by molar-refractivity contribution is 7.17. The van der Waals surface area contributed by atoms with Crippen LogP contribution in [-0.4, -0.2) is 18.8 Å². The summed E-state index contributed by atoms with van der Waals surface area (Å²) in [5.74, 6) is -0.438. The molecule has 0 aliphatic heterocycles. The molecule has 1 rings (SSSR count). The average molecular weight is 315 g/mol. The summed E-state index contributed by atoms with van der Waals surface area (Å²) in [5.41, 5.74) is 0. The van der Waals surface area contributed by atoms with E-state index in [1.54, 1.807) is 12.1 Å². The fourth-order valence-electron chi connectivity index (χ4n) is 1.44. The fraction of sp³-hybridized carbons (Fsp3) is 0.583. The zero-order chi connectivity index (χ0) is 14.3. The zero-order valence-electron chi connectivity index (χ0n) is 10.1. The Morgan fingerprint density at radius 3 is 2.47 bits per heavy atom. The minimum Gasteiger partial charge on any atom is -0.462 e. The molecule has 19 heavy (non-hydrogen) atoms. The van der Waals surface area contributed by atoms with Crippen LogP contribution in [0.1, 0.15) is 41.8 Å². The van der Waals surface area contributed by atoms with E-state index in [0.717, 1.165) is 11.3 Å². The summed E-state index contributed by atoms with van der Waals surface area (Å²) in [5, 5.41) is 0. The summed E-state index contributed by atoms with van der Waals surface area (Å²) in [7, 11) is 0. The number of alkyl halides is 3. The van der Waals surface area contributed by atoms with Gasteiger partial charge in [-0.15, -0.1) is 11.3 Å². The number of carbonyl (C=O) groups is 1. The van der Waals surface area contributed by atoms with Crippen molar-refractivity contribution < 1.29 is 22.7 Å². The van der Waals surface area contributed by atoms with Gasteiger partial charge in [0, 0.05) is 6.42 Å². The number of ether oxygens (including phenoxy) is 1. The molecule has 1 heterocycles. The van der Waals surface area contributed by atoms with Gasteiger partial charge < -0.3 is 4.74 Å². The first kappa shape index (κ1) is 16.3. The lowest BCUT2D eigenvalue weighted by molar-refractivity contribution is -0.135. The van der Waals surface area contributed by atoms with E-state index >= 15 is 0 Å². The van der Waals surface area contributed by atoms with E-state index in [1.807, 2.05) is 0 Å². The molecule has 2 nitrogen and oxygen atoms in total. The van der Waals surface area contributed by atoms with Crippen LogP contribution in [0.25, 0.3) is 0 Å². The molecule has 0 radical (unpaired) electrons. The van der Waals surface area contributed by atoms with E-state index in [1.165, 1.54) is 0 Å². The molecular formula is C12H14ClF3O2S. The lowest BCUT2D eigenvalue weighted by Crippen LogP contribution is -2.07. The minimum absolute atomic E-state index is 0.123. The Labute approximate surface area is 118 Å². The molecule has 1 aromatic heterocycles. The monoisotopic (exact) mass is 314 g/mol. The second-order valence-corrected chi connectivity index (χ2v) is 5.73. The Morgan fingerprint density at radius 1 is 1.21 bits per heavy atom. The third-order valence-corrected chi connectivity index (χ3v) is 3.57. The Bertz CT molecular complexity index is 404. The second-order valence-electron chi connectivity index (χ2n) is 4.02. The maximum Gasteiger partial charge on any atom is 0.389 e. The van der Waals surface area contributed by atoms with Crippen molar-refractivity contribution in [2.75, 3.05) is 6.61 Å². The third kappa shape index (κ3) is 7.42. The number of hydrogen-bond donors (Lipinski definition) is 0. The molecule has 7 heteroatoms. The highest BCUT2D eigenvalue weighted by Crippen LogP contribution is 2.23. The third-order valence-electron chi connectivity index (χ3n) is 2.36. The van der Waals surface area contributed by atoms with Gasteiger partial charge in [0.25, 0.3) is 0 Å². The van der Waals surface area contributed by atoms with E-state index in [0.29, 0.717) is 28.5 Å². The number of unbranched alkanes of at least 4 members (excludes halogenated alkanes) is 3. The highest BCUT2D eigenvalue weighted by Gasteiger charge is 2.25. The topological polar surface area (TPSA) is 26.3 Å². The van der Waals surface area contributed by atoms with E-state index in [4.69, 9.17) is 16.3 Å². The first-order valence-corrected chi connectivity index (χ1v) is 7.07. The molecule has 1 aromatic rings. The molecule has 0 aromatic carbocycles. The van der Waals surface area contributed by atoms with E-state index < -0.39 is 18.6 Å². The first-order chi connectivity index (χ1) is 8.88. The molecule has 0 unspecified atom stereocenters. The number of thiophene rings is 1. The standard InChI is InChI=1S/C12H14ClF3O2S/c13-10-6-5-9(19-10)11(17)18-8-4-2-1-3-7-12(14,15)16/h5-6H,1-4,7-8H2. The lowest BCUT2D eigenvalue weighted by atomic mass is 10.1. The number of rotatable bonds is 7. The number of hydrogen-bond acceptors (Lipinski definition) is 3. The molecule has 0 aliphatic rings. The van der Waals surface area contributed by atoms with Crippen LogP contribution in [-0.2, 0) is 4.74 Å². The van der Waals surface area contributed by atoms with Crippen molar-refractivity contribution in [2.45, 2.75) is 38.3 Å². The Hall–Kier alpha value is -0.750. The molecule has 0 N–H and O–H groups in total. The van der Waals surface area contributed by atoms with Crippen molar-refractivity contribution in [1.82, 2.24) is 0 Å². The summed E-state index contributed by atoms with van der Waals surface area (Å²) < 4.78 is 41.0. The van der Waals surface area contributed by atoms with Gasteiger partial charge in [-0.1, -0.05) is 24.4 Å². The molecule has 0 aliphatic carbocycles. The van der Waals surface area contributed by atoms with Gasteiger partial charge in [0.1, 0.15) is 4.88 Å². The Morgan fingerprint density at radius 2 is 1.89 bits per heavy atom. The zero-order valence-corrected chi connectivity index (χ0v) is 11.7. The maximum atomic E-state index is 11.8. The Kier molecular flexibility index (Phi) is 6.65. The molecule has 0 amide bonds. The van der Waals surface area contributed by atoms with Crippen LogP contribution in [0.3, 0.4) is 0 Å². The average Bonchev–Trinajstić information content (AvgIpc) is 2.73. The Balaban J connectivity index is 2.04. The molecule has 0 atom stereocenters. The predicted molar refractivity (Wildman–Crippen MR) is 68.8 cm³/mol. The largest absolute Gasteiger partial charge is 0.462 e. The van der Waals surface area contributed by atoms with Crippen molar-refractivity contribution >= 4 is 28.9 Å². The predicted octanol–water partition coefficient (Wildman–Crippen LogP) is 5.07. The van der Waals surface area contributed by atoms with Gasteiger partial charge in [-0.3, -0.25) is 0 Å². The number of esters is 1. The van der Waals surface area contributed by atoms with Gasteiger partial charge in [0.05, 0.1) is 10.9 Å². The van der Waals surface area contributed by atoms with Gasteiger partial charge in [-0.05, 0) is 25.0 Å². The van der Waals surface area contributed by atoms with Crippen molar-refractivity contribution in [3.63, 3.8) is 0 Å². The fourth-order valence-corrected chi connectivity index (χ4v) is 2.38. The van der Waals surface area contributed by atoms with Gasteiger partial charge in [-0.25, -0.2) is 4.79 Å². The molecule has 0 bridgehead atoms. The van der Waals surface area contributed by atoms with Crippen LogP contribution in [0.5, 0.6) is 0 Å². The first-order valence-electron chi connectivity index (χ1n) is 5.88. The summed E-state index contributed by atoms with van der Waals surface area (Å²) in [6.45, 7) is 0.223. The van der Waals surface area contributed by atoms with Crippen LogP contribution in [0.15, 0.2) is 12.1 Å². The van der Waals surface area contributed by atoms with Crippen molar-refractivity contribution in [1.29, 1.82) is 0 Å². The van der Waals surface area contributed by atoms with E-state index in [9.17, 15) is 18.0 Å². The summed E-state index contributed by atoms with van der Waals surface area (Å²) in [6, 6.07) is 3.19. The van der Waals surface area contributed by atoms with Gasteiger partial charge >= 0.3 is 12.1 Å². The summed E-state index contributed by atoms with van der Waals surface area (Å²) in [6.07, 6.45) is -3.03. The SMILES string of the molecule is O=C(OCCCCCCC(F)(F)F)c1ccc(Cl)s1. The molecule has 108 valence electrons. The van der Waals surface area contributed by atoms with E-state index in [2.05, 4.69) is 0 Å². The maximum absolute atomic E-state index is 11.8. The number of halogens is 4. The van der Waals surface area contributed by atoms with Crippen LogP contribution >= 0.6 is 22.9 Å².